The van der Waals surface area contributed by atoms with Gasteiger partial charge in [0.1, 0.15) is 11.3 Å². The molecule has 12 heteroatoms. The minimum atomic E-state index is -3.94. The Balaban J connectivity index is 1.38. The van der Waals surface area contributed by atoms with E-state index in [4.69, 9.17) is 14.9 Å². The highest BCUT2D eigenvalue weighted by atomic mass is 32.2. The number of ether oxygens (including phenoxy) is 1. The van der Waals surface area contributed by atoms with Gasteiger partial charge in [-0.15, -0.1) is 0 Å². The summed E-state index contributed by atoms with van der Waals surface area (Å²) in [6.07, 6.45) is 3.40. The maximum atomic E-state index is 13.8. The standard InChI is InChI=1S/C30H37N5O6S/c1-19(2)17-35(42(38,39)25-10-11-26-27(13-25)41-30(31)34-26)23-7-5-6-22(12-23)8-9-24(36)16-33-28(37)18-40-29-20(3)14-32-15-21(29)4/h5-7,10-15,19,24,36H,8-9,16-18H2,1-4H3,(H2,31,34)(H,33,37). The smallest absolute Gasteiger partial charge is 0.292 e. The largest absolute Gasteiger partial charge is 0.483 e. The molecule has 4 rings (SSSR count). The number of benzene rings is 2. The van der Waals surface area contributed by atoms with E-state index in [1.54, 1.807) is 30.6 Å². The van der Waals surface area contributed by atoms with Gasteiger partial charge in [-0.1, -0.05) is 26.0 Å². The zero-order valence-electron chi connectivity index (χ0n) is 24.2. The van der Waals surface area contributed by atoms with E-state index in [0.29, 0.717) is 35.4 Å². The molecule has 4 N–H and O–H groups in total. The van der Waals surface area contributed by atoms with Gasteiger partial charge < -0.3 is 25.3 Å². The Morgan fingerprint density at radius 1 is 1.14 bits per heavy atom. The lowest BCUT2D eigenvalue weighted by molar-refractivity contribution is -0.123. The van der Waals surface area contributed by atoms with Crippen LogP contribution in [0.25, 0.3) is 11.1 Å². The highest BCUT2D eigenvalue weighted by Gasteiger charge is 2.27. The van der Waals surface area contributed by atoms with Crippen LogP contribution in [0.3, 0.4) is 0 Å². The van der Waals surface area contributed by atoms with Crippen molar-refractivity contribution in [3.8, 4) is 5.75 Å². The minimum Gasteiger partial charge on any atom is -0.483 e. The number of nitrogens with one attached hydrogen (secondary N) is 1. The van der Waals surface area contributed by atoms with Gasteiger partial charge in [0.2, 0.25) is 0 Å². The molecule has 2 heterocycles. The molecule has 0 saturated heterocycles. The third-order valence-corrected chi connectivity index (χ3v) is 8.39. The molecule has 2 aromatic heterocycles. The van der Waals surface area contributed by atoms with Crippen LogP contribution in [0.2, 0.25) is 0 Å². The van der Waals surface area contributed by atoms with Crippen molar-refractivity contribution in [1.82, 2.24) is 15.3 Å². The van der Waals surface area contributed by atoms with Crippen LogP contribution in [0.1, 0.15) is 37.0 Å². The minimum absolute atomic E-state index is 0.0310. The number of amides is 1. The average Bonchev–Trinajstić information content (AvgIpc) is 3.32. The normalized spacial score (nSPS) is 12.4. The van der Waals surface area contributed by atoms with Gasteiger partial charge in [-0.3, -0.25) is 14.1 Å². The van der Waals surface area contributed by atoms with Gasteiger partial charge in [0.25, 0.3) is 21.9 Å². The lowest BCUT2D eigenvalue weighted by Gasteiger charge is -2.26. The summed E-state index contributed by atoms with van der Waals surface area (Å²) >= 11 is 0. The van der Waals surface area contributed by atoms with Crippen molar-refractivity contribution in [1.29, 1.82) is 0 Å². The molecule has 1 atom stereocenters. The van der Waals surface area contributed by atoms with Gasteiger partial charge in [0, 0.05) is 42.7 Å². The third-order valence-electron chi connectivity index (χ3n) is 6.60. The number of nitrogen functional groups attached to an aromatic ring is 1. The fraction of sp³-hybridized carbons (Fsp3) is 0.367. The number of carbonyl (C=O) groups is 1. The van der Waals surface area contributed by atoms with E-state index in [1.807, 2.05) is 39.8 Å². The molecule has 0 fully saturated rings. The number of oxazole rings is 1. The Bertz CT molecular complexity index is 1630. The number of rotatable bonds is 13. The summed E-state index contributed by atoms with van der Waals surface area (Å²) in [5.41, 5.74) is 9.44. The van der Waals surface area contributed by atoms with Crippen LogP contribution in [0.15, 0.2) is 64.2 Å². The van der Waals surface area contributed by atoms with Crippen molar-refractivity contribution in [2.75, 3.05) is 29.7 Å². The van der Waals surface area contributed by atoms with Gasteiger partial charge in [-0.2, -0.15) is 4.98 Å². The number of hydrogen-bond acceptors (Lipinski definition) is 9. The highest BCUT2D eigenvalue weighted by molar-refractivity contribution is 7.92. The van der Waals surface area contributed by atoms with E-state index < -0.39 is 16.1 Å². The molecule has 42 heavy (non-hydrogen) atoms. The molecule has 1 unspecified atom stereocenters. The average molecular weight is 596 g/mol. The van der Waals surface area contributed by atoms with Gasteiger partial charge in [-0.25, -0.2) is 8.42 Å². The molecule has 0 aliphatic carbocycles. The fourth-order valence-corrected chi connectivity index (χ4v) is 6.16. The van der Waals surface area contributed by atoms with E-state index in [1.165, 1.54) is 16.4 Å². The lowest BCUT2D eigenvalue weighted by Crippen LogP contribution is -2.35. The molecule has 0 radical (unpaired) electrons. The zero-order chi connectivity index (χ0) is 30.4. The number of hydrogen-bond donors (Lipinski definition) is 3. The number of pyridine rings is 1. The molecular weight excluding hydrogens is 558 g/mol. The number of fused-ring (bicyclic) bond motifs is 1. The Labute approximate surface area is 245 Å². The number of nitrogens with two attached hydrogens (primary N) is 1. The molecule has 2 aromatic carbocycles. The van der Waals surface area contributed by atoms with Crippen LogP contribution < -0.4 is 20.1 Å². The zero-order valence-corrected chi connectivity index (χ0v) is 25.0. The molecule has 0 spiro atoms. The summed E-state index contributed by atoms with van der Waals surface area (Å²) in [5.74, 6) is 0.332. The monoisotopic (exact) mass is 595 g/mol. The first kappa shape index (κ1) is 30.8. The van der Waals surface area contributed by atoms with Crippen LogP contribution in [0, 0.1) is 19.8 Å². The van der Waals surface area contributed by atoms with Crippen molar-refractivity contribution in [2.24, 2.45) is 5.92 Å². The van der Waals surface area contributed by atoms with Gasteiger partial charge in [0.15, 0.2) is 12.2 Å². The molecule has 4 aromatic rings. The number of nitrogens with zero attached hydrogens (tertiary/aromatic N) is 3. The van der Waals surface area contributed by atoms with Crippen molar-refractivity contribution >= 4 is 38.7 Å². The number of aliphatic hydroxyl groups is 1. The SMILES string of the molecule is Cc1cncc(C)c1OCC(=O)NCC(O)CCc1cccc(N(CC(C)C)S(=O)(=O)c2ccc3nc(N)oc3c2)c1. The Kier molecular flexibility index (Phi) is 9.69. The first-order valence-electron chi connectivity index (χ1n) is 13.7. The predicted molar refractivity (Wildman–Crippen MR) is 161 cm³/mol. The fourth-order valence-electron chi connectivity index (χ4n) is 4.52. The van der Waals surface area contributed by atoms with Gasteiger partial charge in [0.05, 0.1) is 16.7 Å². The molecule has 0 aliphatic rings. The first-order chi connectivity index (χ1) is 19.9. The van der Waals surface area contributed by atoms with E-state index in [0.717, 1.165) is 16.7 Å². The van der Waals surface area contributed by atoms with Crippen LogP contribution in [0.5, 0.6) is 5.75 Å². The third kappa shape index (κ3) is 7.56. The van der Waals surface area contributed by atoms with Gasteiger partial charge >= 0.3 is 0 Å². The Morgan fingerprint density at radius 2 is 1.88 bits per heavy atom. The molecule has 0 aliphatic heterocycles. The van der Waals surface area contributed by atoms with Crippen molar-refractivity contribution in [3.05, 3.63) is 71.5 Å². The number of aromatic nitrogens is 2. The van der Waals surface area contributed by atoms with E-state index in [2.05, 4.69) is 15.3 Å². The lowest BCUT2D eigenvalue weighted by atomic mass is 10.1. The van der Waals surface area contributed by atoms with E-state index in [-0.39, 0.29) is 42.4 Å². The molecule has 0 bridgehead atoms. The number of sulfonamides is 1. The second kappa shape index (κ2) is 13.2. The number of anilines is 2. The first-order valence-corrected chi connectivity index (χ1v) is 15.1. The summed E-state index contributed by atoms with van der Waals surface area (Å²) in [7, 11) is -3.94. The quantitative estimate of drug-likeness (QED) is 0.209. The molecular formula is C30H37N5O6S. The molecule has 224 valence electrons. The Hall–Kier alpha value is -4.16. The van der Waals surface area contributed by atoms with E-state index >= 15 is 0 Å². The predicted octanol–water partition coefficient (Wildman–Crippen LogP) is 3.76. The van der Waals surface area contributed by atoms with E-state index in [9.17, 15) is 18.3 Å². The van der Waals surface area contributed by atoms with Crippen molar-refractivity contribution in [2.45, 2.75) is 51.5 Å². The highest BCUT2D eigenvalue weighted by Crippen LogP contribution is 2.29. The summed E-state index contributed by atoms with van der Waals surface area (Å²) in [5, 5.41) is 13.2. The Morgan fingerprint density at radius 3 is 2.60 bits per heavy atom. The topological polar surface area (TPSA) is 161 Å². The molecule has 11 nitrogen and oxygen atoms in total. The summed E-state index contributed by atoms with van der Waals surface area (Å²) in [6, 6.07) is 11.7. The summed E-state index contributed by atoms with van der Waals surface area (Å²) in [6.45, 7) is 7.77. The number of aliphatic hydroxyl groups excluding tert-OH is 1. The van der Waals surface area contributed by atoms with Crippen molar-refractivity contribution in [3.63, 3.8) is 0 Å². The van der Waals surface area contributed by atoms with Crippen LogP contribution in [0.4, 0.5) is 11.7 Å². The summed E-state index contributed by atoms with van der Waals surface area (Å²) < 4.78 is 39.9. The van der Waals surface area contributed by atoms with Crippen LogP contribution >= 0.6 is 0 Å². The molecule has 0 saturated carbocycles. The van der Waals surface area contributed by atoms with Gasteiger partial charge in [-0.05, 0) is 62.4 Å². The van der Waals surface area contributed by atoms with Crippen LogP contribution in [-0.2, 0) is 21.2 Å². The number of carbonyl (C=O) groups excluding carboxylic acids is 1. The number of aryl methyl sites for hydroxylation is 3. The maximum absolute atomic E-state index is 13.8. The van der Waals surface area contributed by atoms with Crippen LogP contribution in [-0.4, -0.2) is 55.2 Å². The summed E-state index contributed by atoms with van der Waals surface area (Å²) in [4.78, 5) is 20.5. The maximum Gasteiger partial charge on any atom is 0.292 e. The second-order valence-corrected chi connectivity index (χ2v) is 12.5. The second-order valence-electron chi connectivity index (χ2n) is 10.7. The molecule has 1 amide bonds. The van der Waals surface area contributed by atoms with Crippen molar-refractivity contribution < 1.29 is 27.5 Å².